The fourth-order valence-electron chi connectivity index (χ4n) is 7.68. The van der Waals surface area contributed by atoms with E-state index in [1.807, 2.05) is 24.3 Å². The molecule has 4 aromatic carbocycles. The molecule has 0 aliphatic carbocycles. The lowest BCUT2D eigenvalue weighted by molar-refractivity contribution is -0.107. The van der Waals surface area contributed by atoms with Gasteiger partial charge in [0.1, 0.15) is 46.3 Å². The van der Waals surface area contributed by atoms with Gasteiger partial charge in [-0.15, -0.1) is 0 Å². The van der Waals surface area contributed by atoms with Crippen molar-refractivity contribution in [3.63, 3.8) is 0 Å². The highest BCUT2D eigenvalue weighted by Crippen LogP contribution is 2.33. The lowest BCUT2D eigenvalue weighted by atomic mass is 9.97. The van der Waals surface area contributed by atoms with Gasteiger partial charge >= 0.3 is 0 Å². The zero-order valence-electron chi connectivity index (χ0n) is 33.5. The second-order valence-electron chi connectivity index (χ2n) is 14.9. The summed E-state index contributed by atoms with van der Waals surface area (Å²) in [6.07, 6.45) is 5.23. The molecule has 2 aromatic heterocycles. The van der Waals surface area contributed by atoms with Crippen LogP contribution in [-0.2, 0) is 17.6 Å². The maximum absolute atomic E-state index is 13.6. The predicted octanol–water partition coefficient (Wildman–Crippen LogP) is 8.65. The number of hydrogen-bond acceptors (Lipinski definition) is 10. The molecule has 2 aliphatic rings. The van der Waals surface area contributed by atoms with Gasteiger partial charge < -0.3 is 34.3 Å². The van der Waals surface area contributed by atoms with Crippen molar-refractivity contribution in [1.82, 2.24) is 9.97 Å². The molecule has 0 radical (unpaired) electrons. The number of benzene rings is 4. The van der Waals surface area contributed by atoms with Crippen LogP contribution in [0.5, 0.6) is 11.8 Å². The van der Waals surface area contributed by atoms with E-state index in [1.54, 1.807) is 67.0 Å². The highest BCUT2D eigenvalue weighted by Gasteiger charge is 2.29. The minimum atomic E-state index is -0.942. The van der Waals surface area contributed by atoms with E-state index >= 15 is 0 Å². The number of ketones is 1. The number of ether oxygens (including phenoxy) is 2. The number of aldehydes is 1. The molecule has 1 unspecified atom stereocenters. The zero-order chi connectivity index (χ0) is 43.6. The SMILES string of the molecule is O=CCc1cc(C(=O)c2cccc(F)c2)ccc1N1CC[C@H](Oc2ncccc2Cl)C1.OCCc1cc(C(O)c2cccc(F)c2)ccc1N1CC[C@H](Oc2ncccc2Cl)C1. The lowest BCUT2D eigenvalue weighted by Crippen LogP contribution is -2.26. The van der Waals surface area contributed by atoms with Crippen molar-refractivity contribution >= 4 is 46.6 Å². The number of halogens is 4. The molecule has 0 saturated carbocycles. The molecule has 6 aromatic rings. The first-order chi connectivity index (χ1) is 30.1. The highest BCUT2D eigenvalue weighted by molar-refractivity contribution is 6.32. The first-order valence-electron chi connectivity index (χ1n) is 20.2. The number of pyridine rings is 2. The number of aliphatic hydroxyl groups excluding tert-OH is 2. The third kappa shape index (κ3) is 10.9. The van der Waals surface area contributed by atoms with Crippen molar-refractivity contribution in [2.24, 2.45) is 0 Å². The molecule has 0 spiro atoms. The molecule has 0 amide bonds. The summed E-state index contributed by atoms with van der Waals surface area (Å²) in [6, 6.07) is 29.4. The minimum Gasteiger partial charge on any atom is -0.471 e. The Bertz CT molecular complexity index is 2510. The van der Waals surface area contributed by atoms with Gasteiger partial charge in [-0.2, -0.15) is 0 Å². The van der Waals surface area contributed by atoms with Crippen molar-refractivity contribution < 1.29 is 38.1 Å². The summed E-state index contributed by atoms with van der Waals surface area (Å²) in [4.78, 5) is 36.7. The van der Waals surface area contributed by atoms with Crippen LogP contribution in [0.15, 0.2) is 122 Å². The Morgan fingerprint density at radius 3 is 1.87 bits per heavy atom. The molecule has 4 heterocycles. The fraction of sp³-hybridized carbons (Fsp3) is 0.250. The number of rotatable bonds is 14. The highest BCUT2D eigenvalue weighted by atomic mass is 35.5. The maximum atomic E-state index is 13.6. The number of anilines is 2. The van der Waals surface area contributed by atoms with Gasteiger partial charge in [-0.25, -0.2) is 18.7 Å². The van der Waals surface area contributed by atoms with Gasteiger partial charge in [0, 0.05) is 73.9 Å². The van der Waals surface area contributed by atoms with E-state index in [-0.39, 0.29) is 42.4 Å². The Balaban J connectivity index is 0.000000186. The Morgan fingerprint density at radius 2 is 1.29 bits per heavy atom. The summed E-state index contributed by atoms with van der Waals surface area (Å²) in [5.74, 6) is -0.308. The maximum Gasteiger partial charge on any atom is 0.232 e. The second-order valence-corrected chi connectivity index (χ2v) is 15.7. The molecular formula is C48H44Cl2F2N4O6. The zero-order valence-corrected chi connectivity index (χ0v) is 35.1. The normalized spacial score (nSPS) is 16.4. The van der Waals surface area contributed by atoms with Crippen molar-refractivity contribution in [2.45, 2.75) is 44.0 Å². The molecule has 2 fully saturated rings. The molecule has 2 N–H and O–H groups in total. The van der Waals surface area contributed by atoms with E-state index in [4.69, 9.17) is 32.7 Å². The van der Waals surface area contributed by atoms with Gasteiger partial charge in [0.15, 0.2) is 5.78 Å². The quantitative estimate of drug-likeness (QED) is 0.0812. The smallest absolute Gasteiger partial charge is 0.232 e. The minimum absolute atomic E-state index is 0.0101. The Kier molecular flexibility index (Phi) is 14.8. The molecule has 14 heteroatoms. The van der Waals surface area contributed by atoms with Gasteiger partial charge in [-0.1, -0.05) is 59.6 Å². The van der Waals surface area contributed by atoms with Crippen LogP contribution in [0.2, 0.25) is 10.0 Å². The largest absolute Gasteiger partial charge is 0.471 e. The van der Waals surface area contributed by atoms with Crippen LogP contribution < -0.4 is 19.3 Å². The van der Waals surface area contributed by atoms with E-state index in [2.05, 4.69) is 19.8 Å². The van der Waals surface area contributed by atoms with Crippen LogP contribution >= 0.6 is 23.2 Å². The van der Waals surface area contributed by atoms with E-state index in [1.165, 1.54) is 30.3 Å². The van der Waals surface area contributed by atoms with Gasteiger partial charge in [-0.05, 0) is 101 Å². The molecule has 320 valence electrons. The summed E-state index contributed by atoms with van der Waals surface area (Å²) >= 11 is 12.3. The van der Waals surface area contributed by atoms with Gasteiger partial charge in [0.2, 0.25) is 11.8 Å². The topological polar surface area (TPSA) is 125 Å². The van der Waals surface area contributed by atoms with E-state index < -0.39 is 11.9 Å². The molecule has 3 atom stereocenters. The molecular weight excluding hydrogens is 837 g/mol. The average molecular weight is 882 g/mol. The lowest BCUT2D eigenvalue weighted by Gasteiger charge is -2.24. The van der Waals surface area contributed by atoms with Crippen LogP contribution in [0.1, 0.15) is 57.1 Å². The standard InChI is InChI=1S/C24H24ClFN2O3.C24H20ClFN2O3/c2*25-21-5-2-10-27-24(21)31-20-8-11-28(15-20)22-7-6-18(13-16(22)9-12-29)23(30)17-3-1-4-19(26)14-17/h1-7,10,13-14,20,23,29-30H,8-9,11-12,15H2;1-7,10,12-14,20H,8-9,11,15H2/t20-,23?;20-/m00/s1. The van der Waals surface area contributed by atoms with Gasteiger partial charge in [-0.3, -0.25) is 4.79 Å². The Morgan fingerprint density at radius 1 is 0.726 bits per heavy atom. The number of carbonyl (C=O) groups is 2. The van der Waals surface area contributed by atoms with Gasteiger partial charge in [0.25, 0.3) is 0 Å². The monoisotopic (exact) mass is 880 g/mol. The Labute approximate surface area is 368 Å². The summed E-state index contributed by atoms with van der Waals surface area (Å²) in [5.41, 5.74) is 5.36. The number of aromatic nitrogens is 2. The predicted molar refractivity (Wildman–Crippen MR) is 235 cm³/mol. The van der Waals surface area contributed by atoms with Gasteiger partial charge in [0.05, 0.1) is 13.1 Å². The second kappa shape index (κ2) is 20.8. The van der Waals surface area contributed by atoms with Crippen molar-refractivity contribution in [3.8, 4) is 11.8 Å². The first-order valence-corrected chi connectivity index (χ1v) is 20.9. The van der Waals surface area contributed by atoms with Crippen molar-refractivity contribution in [1.29, 1.82) is 0 Å². The number of hydrogen-bond donors (Lipinski definition) is 2. The summed E-state index contributed by atoms with van der Waals surface area (Å²) < 4.78 is 39.0. The number of carbonyl (C=O) groups excluding carboxylic acids is 2. The molecule has 2 aliphatic heterocycles. The van der Waals surface area contributed by atoms with Crippen molar-refractivity contribution in [3.05, 3.63) is 177 Å². The molecule has 62 heavy (non-hydrogen) atoms. The summed E-state index contributed by atoms with van der Waals surface area (Å²) in [6.45, 7) is 2.79. The summed E-state index contributed by atoms with van der Waals surface area (Å²) in [5, 5.41) is 21.2. The van der Waals surface area contributed by atoms with Crippen LogP contribution in [0.25, 0.3) is 0 Å². The molecule has 10 nitrogen and oxygen atoms in total. The van der Waals surface area contributed by atoms with Crippen LogP contribution in [0, 0.1) is 11.6 Å². The molecule has 2 saturated heterocycles. The van der Waals surface area contributed by atoms with E-state index in [0.717, 1.165) is 54.7 Å². The van der Waals surface area contributed by atoms with Crippen LogP contribution in [-0.4, -0.2) is 77.2 Å². The fourth-order valence-corrected chi connectivity index (χ4v) is 8.01. The van der Waals surface area contributed by atoms with Crippen LogP contribution in [0.3, 0.4) is 0 Å². The average Bonchev–Trinajstić information content (AvgIpc) is 3.95. The van der Waals surface area contributed by atoms with E-state index in [9.17, 15) is 28.6 Å². The molecule has 0 bridgehead atoms. The first kappa shape index (κ1) is 44.1. The number of aliphatic hydroxyl groups is 2. The number of nitrogens with zero attached hydrogens (tertiary/aromatic N) is 4. The van der Waals surface area contributed by atoms with Crippen LogP contribution in [0.4, 0.5) is 20.2 Å². The molecule has 8 rings (SSSR count). The Hall–Kier alpha value is -5.92. The third-order valence-corrected chi connectivity index (χ3v) is 11.2. The van der Waals surface area contributed by atoms with E-state index in [0.29, 0.717) is 58.0 Å². The third-order valence-electron chi connectivity index (χ3n) is 10.7. The summed E-state index contributed by atoms with van der Waals surface area (Å²) in [7, 11) is 0. The van der Waals surface area contributed by atoms with Crippen molar-refractivity contribution in [2.75, 3.05) is 42.6 Å².